The maximum Gasteiger partial charge on any atom is 0.231 e. The molecule has 0 radical (unpaired) electrons. The Morgan fingerprint density at radius 1 is 1.38 bits per heavy atom. The van der Waals surface area contributed by atoms with Gasteiger partial charge in [-0.15, -0.1) is 0 Å². The van der Waals surface area contributed by atoms with Crippen molar-refractivity contribution in [2.24, 2.45) is 5.73 Å². The molecule has 128 valence electrons. The molecule has 24 heavy (non-hydrogen) atoms. The maximum absolute atomic E-state index is 12.5. The Kier molecular flexibility index (Phi) is 9.53. The van der Waals surface area contributed by atoms with Crippen LogP contribution < -0.4 is 5.73 Å². The number of carbonyl (C=O) groups excluding carboxylic acids is 1. The zero-order valence-corrected chi connectivity index (χ0v) is 14.6. The minimum atomic E-state index is -0.867. The average molecular weight is 345 g/mol. The predicted octanol–water partition coefficient (Wildman–Crippen LogP) is 3.92. The van der Waals surface area contributed by atoms with E-state index in [2.05, 4.69) is 13.2 Å². The van der Waals surface area contributed by atoms with Crippen LogP contribution in [-0.2, 0) is 19.5 Å². The van der Waals surface area contributed by atoms with E-state index in [4.69, 9.17) is 14.7 Å². The van der Waals surface area contributed by atoms with Crippen LogP contribution in [0.15, 0.2) is 79.1 Å². The van der Waals surface area contributed by atoms with Crippen molar-refractivity contribution in [1.29, 1.82) is 0 Å². The van der Waals surface area contributed by atoms with E-state index in [1.165, 1.54) is 0 Å². The lowest BCUT2D eigenvalue weighted by molar-refractivity contribution is -0.126. The Morgan fingerprint density at radius 3 is 2.67 bits per heavy atom. The molecule has 0 bridgehead atoms. The third-order valence-corrected chi connectivity index (χ3v) is 3.75. The van der Waals surface area contributed by atoms with Crippen LogP contribution in [0, 0.1) is 0 Å². The Balaban J connectivity index is 2.69. The van der Waals surface area contributed by atoms with Gasteiger partial charge in [0, 0.05) is 0 Å². The number of rotatable bonds is 11. The summed E-state index contributed by atoms with van der Waals surface area (Å²) in [5.74, 6) is 0.265. The topological polar surface area (TPSA) is 61.5 Å². The van der Waals surface area contributed by atoms with Gasteiger partial charge in [0.25, 0.3) is 0 Å². The number of ketones is 1. The van der Waals surface area contributed by atoms with Crippen LogP contribution >= 0.6 is 12.0 Å². The lowest BCUT2D eigenvalue weighted by Crippen LogP contribution is -2.30. The highest BCUT2D eigenvalue weighted by molar-refractivity contribution is 7.94. The number of ether oxygens (including phenoxy) is 1. The monoisotopic (exact) mass is 345 g/mol. The summed E-state index contributed by atoms with van der Waals surface area (Å²) in [6.07, 6.45) is 5.99. The molecule has 0 aromatic heterocycles. The molecule has 0 amide bonds. The smallest absolute Gasteiger partial charge is 0.231 e. The van der Waals surface area contributed by atoms with Crippen LogP contribution in [0.3, 0.4) is 0 Å². The van der Waals surface area contributed by atoms with Crippen molar-refractivity contribution in [3.8, 4) is 0 Å². The molecule has 1 rings (SSSR count). The van der Waals surface area contributed by atoms with Gasteiger partial charge in [0.2, 0.25) is 5.78 Å². The summed E-state index contributed by atoms with van der Waals surface area (Å²) in [6, 6.07) is 9.81. The van der Waals surface area contributed by atoms with E-state index >= 15 is 0 Å². The van der Waals surface area contributed by atoms with Gasteiger partial charge in [0.15, 0.2) is 11.9 Å². The molecule has 0 aliphatic heterocycles. The minimum absolute atomic E-state index is 0.0221. The zero-order chi connectivity index (χ0) is 17.8. The molecule has 1 aromatic carbocycles. The number of carbonyl (C=O) groups is 1. The van der Waals surface area contributed by atoms with Gasteiger partial charge in [-0.25, -0.2) is 0 Å². The molecular formula is C19H23NO3S. The second-order valence-electron chi connectivity index (χ2n) is 4.73. The molecule has 1 aromatic rings. The first-order valence-corrected chi connectivity index (χ1v) is 8.38. The van der Waals surface area contributed by atoms with Crippen molar-refractivity contribution >= 4 is 17.8 Å². The molecular weight excluding hydrogens is 322 g/mol. The van der Waals surface area contributed by atoms with Crippen molar-refractivity contribution in [2.75, 3.05) is 6.73 Å². The highest BCUT2D eigenvalue weighted by atomic mass is 32.2. The van der Waals surface area contributed by atoms with Gasteiger partial charge in [0.05, 0.1) is 24.5 Å². The second-order valence-corrected chi connectivity index (χ2v) is 5.43. The Morgan fingerprint density at radius 2 is 2.08 bits per heavy atom. The summed E-state index contributed by atoms with van der Waals surface area (Å²) < 4.78 is 10.8. The molecule has 0 aliphatic rings. The third kappa shape index (κ3) is 6.58. The van der Waals surface area contributed by atoms with Gasteiger partial charge in [0.1, 0.15) is 0 Å². The van der Waals surface area contributed by atoms with E-state index in [0.717, 1.165) is 17.6 Å². The predicted molar refractivity (Wildman–Crippen MR) is 100.0 cm³/mol. The van der Waals surface area contributed by atoms with Crippen molar-refractivity contribution in [1.82, 2.24) is 0 Å². The van der Waals surface area contributed by atoms with E-state index in [-0.39, 0.29) is 18.3 Å². The van der Waals surface area contributed by atoms with Gasteiger partial charge in [-0.2, -0.15) is 0 Å². The molecule has 0 aliphatic carbocycles. The lowest BCUT2D eigenvalue weighted by Gasteiger charge is -2.18. The number of hydrogen-bond donors (Lipinski definition) is 1. The van der Waals surface area contributed by atoms with Gasteiger partial charge in [-0.05, 0) is 18.1 Å². The third-order valence-electron chi connectivity index (χ3n) is 2.98. The summed E-state index contributed by atoms with van der Waals surface area (Å²) in [4.78, 5) is 12.5. The standard InChI is InChI=1S/C19H23NO3S/c1-4-9-17(10-5-2)19(22-14-20)18(21)15(3)23-24-13-16-11-7-6-8-12-16/h4-12,19H,1,3,13-14,20H2,2H3/b10-5-,17-9+. The summed E-state index contributed by atoms with van der Waals surface area (Å²) >= 11 is 1.15. The van der Waals surface area contributed by atoms with Crippen LogP contribution in [0.5, 0.6) is 0 Å². The first-order chi connectivity index (χ1) is 11.6. The molecule has 0 fully saturated rings. The molecule has 2 N–H and O–H groups in total. The highest BCUT2D eigenvalue weighted by Gasteiger charge is 2.25. The van der Waals surface area contributed by atoms with Crippen molar-refractivity contribution in [3.05, 3.63) is 84.7 Å². The van der Waals surface area contributed by atoms with Crippen LogP contribution in [-0.4, -0.2) is 18.6 Å². The number of nitrogens with two attached hydrogens (primary N) is 1. The Bertz CT molecular complexity index is 608. The normalized spacial score (nSPS) is 12.8. The fraction of sp³-hybridized carbons (Fsp3) is 0.211. The van der Waals surface area contributed by atoms with Crippen molar-refractivity contribution in [2.45, 2.75) is 18.8 Å². The van der Waals surface area contributed by atoms with Crippen LogP contribution in [0.4, 0.5) is 0 Å². The highest BCUT2D eigenvalue weighted by Crippen LogP contribution is 2.20. The SMILES string of the molecule is C=C/C=C(\C=C/C)C(OCN)C(=O)C(=C)OSCc1ccccc1. The Hall–Kier alpha value is -2.08. The molecule has 0 spiro atoms. The molecule has 4 nitrogen and oxygen atoms in total. The van der Waals surface area contributed by atoms with Gasteiger partial charge in [-0.1, -0.05) is 67.8 Å². The van der Waals surface area contributed by atoms with E-state index in [1.807, 2.05) is 43.3 Å². The summed E-state index contributed by atoms with van der Waals surface area (Å²) in [7, 11) is 0. The zero-order valence-electron chi connectivity index (χ0n) is 13.8. The first-order valence-electron chi connectivity index (χ1n) is 7.47. The molecule has 0 saturated heterocycles. The molecule has 0 saturated carbocycles. The molecule has 5 heteroatoms. The first kappa shape index (κ1) is 20.0. The minimum Gasteiger partial charge on any atom is -0.422 e. The van der Waals surface area contributed by atoms with Gasteiger partial charge >= 0.3 is 0 Å². The Labute approximate surface area is 147 Å². The maximum atomic E-state index is 12.5. The number of hydrogen-bond acceptors (Lipinski definition) is 5. The van der Waals surface area contributed by atoms with Crippen LogP contribution in [0.25, 0.3) is 0 Å². The van der Waals surface area contributed by atoms with Crippen LogP contribution in [0.1, 0.15) is 12.5 Å². The largest absolute Gasteiger partial charge is 0.422 e. The lowest BCUT2D eigenvalue weighted by atomic mass is 10.0. The van der Waals surface area contributed by atoms with E-state index in [1.54, 1.807) is 18.2 Å². The number of allylic oxidation sites excluding steroid dienone is 3. The van der Waals surface area contributed by atoms with E-state index in [9.17, 15) is 4.79 Å². The quantitative estimate of drug-likeness (QED) is 0.216. The van der Waals surface area contributed by atoms with Crippen molar-refractivity contribution in [3.63, 3.8) is 0 Å². The second kappa shape index (κ2) is 11.5. The average Bonchev–Trinajstić information content (AvgIpc) is 2.60. The summed E-state index contributed by atoms with van der Waals surface area (Å²) in [5, 5.41) is 0. The van der Waals surface area contributed by atoms with E-state index in [0.29, 0.717) is 11.3 Å². The van der Waals surface area contributed by atoms with Gasteiger partial charge in [-0.3, -0.25) is 4.79 Å². The molecule has 0 heterocycles. The molecule has 1 atom stereocenters. The fourth-order valence-electron chi connectivity index (χ4n) is 1.91. The van der Waals surface area contributed by atoms with Crippen molar-refractivity contribution < 1.29 is 13.7 Å². The van der Waals surface area contributed by atoms with Crippen LogP contribution in [0.2, 0.25) is 0 Å². The van der Waals surface area contributed by atoms with Gasteiger partial charge < -0.3 is 14.7 Å². The van der Waals surface area contributed by atoms with E-state index < -0.39 is 6.10 Å². The fourth-order valence-corrected chi connectivity index (χ4v) is 2.52. The number of benzene rings is 1. The summed E-state index contributed by atoms with van der Waals surface area (Å²) in [5.41, 5.74) is 7.18. The number of Topliss-reactive ketones (excluding diaryl/α,β-unsaturated/α-hetero) is 1. The molecule has 1 unspecified atom stereocenters. The summed E-state index contributed by atoms with van der Waals surface area (Å²) in [6.45, 7) is 9.11.